The Morgan fingerprint density at radius 3 is 2.54 bits per heavy atom. The zero-order valence-corrected chi connectivity index (χ0v) is 20.1. The zero-order valence-electron chi connectivity index (χ0n) is 19.4. The second-order valence-electron chi connectivity index (χ2n) is 7.97. The smallest absolute Gasteiger partial charge is 0.278 e. The molecule has 178 valence electrons. The highest BCUT2D eigenvalue weighted by Crippen LogP contribution is 2.28. The number of para-hydroxylation sites is 2. The van der Waals surface area contributed by atoms with Gasteiger partial charge in [-0.15, -0.1) is 0 Å². The van der Waals surface area contributed by atoms with Crippen LogP contribution in [0.5, 0.6) is 5.75 Å². The molecule has 1 heterocycles. The van der Waals surface area contributed by atoms with E-state index >= 15 is 0 Å². The second kappa shape index (κ2) is 9.99. The van der Waals surface area contributed by atoms with Gasteiger partial charge in [-0.1, -0.05) is 35.4 Å². The van der Waals surface area contributed by atoms with Crippen molar-refractivity contribution in [3.63, 3.8) is 0 Å². The topological polar surface area (TPSA) is 102 Å². The number of methoxy groups -OCH3 is 1. The average Bonchev–Trinajstić information content (AvgIpc) is 2.82. The Kier molecular flexibility index (Phi) is 6.84. The molecule has 0 aliphatic carbocycles. The highest BCUT2D eigenvalue weighted by Gasteiger charge is 2.18. The molecule has 0 saturated carbocycles. The fraction of sp³-hybridized carbons (Fsp3) is 0.154. The average molecular weight is 491 g/mol. The van der Waals surface area contributed by atoms with Gasteiger partial charge in [0.05, 0.1) is 28.9 Å². The molecule has 0 saturated heterocycles. The Morgan fingerprint density at radius 2 is 1.83 bits per heavy atom. The van der Waals surface area contributed by atoms with Crippen molar-refractivity contribution in [3.8, 4) is 17.0 Å². The van der Waals surface area contributed by atoms with Crippen molar-refractivity contribution in [2.45, 2.75) is 20.4 Å². The van der Waals surface area contributed by atoms with Crippen LogP contribution < -0.4 is 20.9 Å². The molecule has 0 aliphatic rings. The summed E-state index contributed by atoms with van der Waals surface area (Å²) in [6.45, 7) is 3.03. The number of ether oxygens (including phenoxy) is 1. The van der Waals surface area contributed by atoms with Crippen LogP contribution >= 0.6 is 11.6 Å². The maximum absolute atomic E-state index is 13.6. The van der Waals surface area contributed by atoms with Gasteiger partial charge in [0.15, 0.2) is 0 Å². The third-order valence-electron chi connectivity index (χ3n) is 5.33. The van der Waals surface area contributed by atoms with Gasteiger partial charge < -0.3 is 15.4 Å². The van der Waals surface area contributed by atoms with E-state index in [2.05, 4.69) is 15.6 Å². The van der Waals surface area contributed by atoms with E-state index in [9.17, 15) is 14.4 Å². The fourth-order valence-electron chi connectivity index (χ4n) is 3.77. The van der Waals surface area contributed by atoms with E-state index in [4.69, 9.17) is 16.3 Å². The third kappa shape index (κ3) is 5.17. The fourth-order valence-corrected chi connectivity index (χ4v) is 4.02. The van der Waals surface area contributed by atoms with E-state index in [0.29, 0.717) is 38.7 Å². The van der Waals surface area contributed by atoms with Crippen molar-refractivity contribution in [3.05, 3.63) is 81.6 Å². The first kappa shape index (κ1) is 24.0. The van der Waals surface area contributed by atoms with Crippen LogP contribution in [0.2, 0.25) is 5.02 Å². The molecular formula is C26H23ClN4O4. The van der Waals surface area contributed by atoms with E-state index in [1.54, 1.807) is 54.6 Å². The number of aromatic nitrogens is 2. The molecule has 0 bridgehead atoms. The number of fused-ring (bicyclic) bond motifs is 1. The molecule has 0 aliphatic heterocycles. The molecule has 1 aromatic heterocycles. The molecule has 0 radical (unpaired) electrons. The predicted molar refractivity (Wildman–Crippen MR) is 137 cm³/mol. The summed E-state index contributed by atoms with van der Waals surface area (Å²) in [5, 5.41) is 5.87. The highest BCUT2D eigenvalue weighted by molar-refractivity contribution is 6.32. The molecule has 4 aromatic rings. The second-order valence-corrected chi connectivity index (χ2v) is 8.38. The molecule has 2 N–H and O–H groups in total. The standard InChI is InChI=1S/C26H23ClN4O4/c1-15-8-10-20(28-16(2)32)18(12-15)25-26(34)31(22-7-5-4-6-21(22)30-25)14-24(33)29-17-9-11-23(35-3)19(27)13-17/h4-13H,14H2,1-3H3,(H,28,32)(H,29,33). The van der Waals surface area contributed by atoms with Gasteiger partial charge in [0, 0.05) is 18.2 Å². The molecule has 9 heteroatoms. The van der Waals surface area contributed by atoms with Crippen LogP contribution in [0.3, 0.4) is 0 Å². The first-order valence-electron chi connectivity index (χ1n) is 10.8. The Balaban J connectivity index is 1.78. The number of anilines is 2. The molecule has 0 atom stereocenters. The Bertz CT molecular complexity index is 1510. The van der Waals surface area contributed by atoms with Crippen molar-refractivity contribution in [1.82, 2.24) is 9.55 Å². The molecule has 0 unspecified atom stereocenters. The number of carbonyl (C=O) groups excluding carboxylic acids is 2. The summed E-state index contributed by atoms with van der Waals surface area (Å²) in [4.78, 5) is 42.9. The van der Waals surface area contributed by atoms with Crippen LogP contribution in [0.1, 0.15) is 12.5 Å². The normalized spacial score (nSPS) is 10.7. The predicted octanol–water partition coefficient (Wildman–Crippen LogP) is 4.63. The largest absolute Gasteiger partial charge is 0.495 e. The summed E-state index contributed by atoms with van der Waals surface area (Å²) in [7, 11) is 1.50. The van der Waals surface area contributed by atoms with Crippen LogP contribution in [-0.2, 0) is 16.1 Å². The van der Waals surface area contributed by atoms with E-state index in [1.165, 1.54) is 18.6 Å². The lowest BCUT2D eigenvalue weighted by molar-refractivity contribution is -0.117. The molecule has 4 rings (SSSR count). The number of hydrogen-bond acceptors (Lipinski definition) is 5. The van der Waals surface area contributed by atoms with Crippen LogP contribution in [0.15, 0.2) is 65.5 Å². The van der Waals surface area contributed by atoms with Gasteiger partial charge in [-0.2, -0.15) is 0 Å². The van der Waals surface area contributed by atoms with Gasteiger partial charge in [0.2, 0.25) is 11.8 Å². The quantitative estimate of drug-likeness (QED) is 0.410. The van der Waals surface area contributed by atoms with E-state index < -0.39 is 11.5 Å². The minimum Gasteiger partial charge on any atom is -0.495 e. The monoisotopic (exact) mass is 490 g/mol. The summed E-state index contributed by atoms with van der Waals surface area (Å²) in [6, 6.07) is 17.3. The molecule has 0 spiro atoms. The number of rotatable bonds is 6. The van der Waals surface area contributed by atoms with Crippen LogP contribution in [0.25, 0.3) is 22.3 Å². The molecule has 35 heavy (non-hydrogen) atoms. The minimum absolute atomic E-state index is 0.136. The van der Waals surface area contributed by atoms with Crippen molar-refractivity contribution in [2.75, 3.05) is 17.7 Å². The molecular weight excluding hydrogens is 468 g/mol. The Labute approximate surface area is 206 Å². The SMILES string of the molecule is COc1ccc(NC(=O)Cn2c(=O)c(-c3cc(C)ccc3NC(C)=O)nc3ccccc32)cc1Cl. The van der Waals surface area contributed by atoms with E-state index in [0.717, 1.165) is 5.56 Å². The summed E-state index contributed by atoms with van der Waals surface area (Å²) in [5.41, 5.74) is 3.04. The van der Waals surface area contributed by atoms with Gasteiger partial charge in [-0.25, -0.2) is 4.98 Å². The van der Waals surface area contributed by atoms with Gasteiger partial charge >= 0.3 is 0 Å². The molecule has 8 nitrogen and oxygen atoms in total. The number of halogens is 1. The lowest BCUT2D eigenvalue weighted by Gasteiger charge is -2.15. The number of nitrogens with one attached hydrogen (secondary N) is 2. The number of aryl methyl sites for hydroxylation is 1. The Morgan fingerprint density at radius 1 is 1.06 bits per heavy atom. The summed E-state index contributed by atoms with van der Waals surface area (Å²) < 4.78 is 6.51. The molecule has 0 fully saturated rings. The van der Waals surface area contributed by atoms with Crippen LogP contribution in [0.4, 0.5) is 11.4 Å². The summed E-state index contributed by atoms with van der Waals surface area (Å²) in [5.74, 6) is -0.200. The maximum atomic E-state index is 13.6. The lowest BCUT2D eigenvalue weighted by Crippen LogP contribution is -2.30. The lowest BCUT2D eigenvalue weighted by atomic mass is 10.1. The highest BCUT2D eigenvalue weighted by atomic mass is 35.5. The molecule has 2 amide bonds. The van der Waals surface area contributed by atoms with Crippen molar-refractivity contribution < 1.29 is 14.3 Å². The zero-order chi connectivity index (χ0) is 25.1. The summed E-state index contributed by atoms with van der Waals surface area (Å²) in [6.07, 6.45) is 0. The first-order chi connectivity index (χ1) is 16.8. The van der Waals surface area contributed by atoms with Crippen molar-refractivity contribution in [2.24, 2.45) is 0 Å². The third-order valence-corrected chi connectivity index (χ3v) is 5.63. The summed E-state index contributed by atoms with van der Waals surface area (Å²) >= 11 is 6.16. The van der Waals surface area contributed by atoms with Crippen LogP contribution in [-0.4, -0.2) is 28.5 Å². The maximum Gasteiger partial charge on any atom is 0.278 e. The van der Waals surface area contributed by atoms with E-state index in [1.807, 2.05) is 13.0 Å². The van der Waals surface area contributed by atoms with Gasteiger partial charge in [-0.05, 0) is 49.4 Å². The van der Waals surface area contributed by atoms with Crippen LogP contribution in [0, 0.1) is 6.92 Å². The van der Waals surface area contributed by atoms with Gasteiger partial charge in [0.1, 0.15) is 18.0 Å². The number of benzene rings is 3. The minimum atomic E-state index is -0.455. The van der Waals surface area contributed by atoms with E-state index in [-0.39, 0.29) is 18.1 Å². The van der Waals surface area contributed by atoms with Gasteiger partial charge in [0.25, 0.3) is 5.56 Å². The number of carbonyl (C=O) groups is 2. The van der Waals surface area contributed by atoms with Crippen molar-refractivity contribution >= 4 is 45.8 Å². The van der Waals surface area contributed by atoms with Gasteiger partial charge in [-0.3, -0.25) is 19.0 Å². The number of amides is 2. The number of hydrogen-bond donors (Lipinski definition) is 2. The first-order valence-corrected chi connectivity index (χ1v) is 11.2. The number of nitrogens with zero attached hydrogens (tertiary/aromatic N) is 2. The van der Waals surface area contributed by atoms with Crippen molar-refractivity contribution in [1.29, 1.82) is 0 Å². The molecule has 3 aromatic carbocycles. The Hall–Kier alpha value is -4.17.